The Balaban J connectivity index is 1.95. The zero-order chi connectivity index (χ0) is 17.7. The number of anilines is 1. The molecule has 0 unspecified atom stereocenters. The molecule has 0 saturated heterocycles. The molecule has 0 saturated carbocycles. The van der Waals surface area contributed by atoms with E-state index in [4.69, 9.17) is 9.47 Å². The normalized spacial score (nSPS) is 10.5. The van der Waals surface area contributed by atoms with Crippen LogP contribution in [0.5, 0.6) is 11.5 Å². The third-order valence-electron chi connectivity index (χ3n) is 3.76. The van der Waals surface area contributed by atoms with Crippen LogP contribution in [0.15, 0.2) is 18.2 Å². The lowest BCUT2D eigenvalue weighted by Crippen LogP contribution is -2.08. The molecule has 8 heteroatoms. The Morgan fingerprint density at radius 3 is 2.62 bits per heavy atom. The van der Waals surface area contributed by atoms with Crippen molar-refractivity contribution in [3.63, 3.8) is 0 Å². The zero-order valence-electron chi connectivity index (χ0n) is 14.3. The molecule has 0 spiro atoms. The molecule has 1 aromatic heterocycles. The first-order valence-electron chi connectivity index (χ1n) is 7.60. The molecule has 1 N–H and O–H groups in total. The van der Waals surface area contributed by atoms with Crippen molar-refractivity contribution >= 4 is 11.5 Å². The molecule has 130 valence electrons. The van der Waals surface area contributed by atoms with Crippen molar-refractivity contribution in [3.05, 3.63) is 39.6 Å². The topological polar surface area (TPSA) is 91.5 Å². The van der Waals surface area contributed by atoms with E-state index in [2.05, 4.69) is 10.4 Å². The molecule has 8 nitrogen and oxygen atoms in total. The Morgan fingerprint density at radius 1 is 1.29 bits per heavy atom. The second-order valence-corrected chi connectivity index (χ2v) is 5.38. The summed E-state index contributed by atoms with van der Waals surface area (Å²) in [5.41, 5.74) is 1.55. The smallest absolute Gasteiger partial charge is 0.333 e. The molecule has 0 radical (unpaired) electrons. The summed E-state index contributed by atoms with van der Waals surface area (Å²) < 4.78 is 12.0. The highest BCUT2D eigenvalue weighted by atomic mass is 16.6. The van der Waals surface area contributed by atoms with Gasteiger partial charge >= 0.3 is 5.69 Å². The Morgan fingerprint density at radius 2 is 2.00 bits per heavy atom. The van der Waals surface area contributed by atoms with Gasteiger partial charge in [-0.2, -0.15) is 5.10 Å². The number of hydrogen-bond acceptors (Lipinski definition) is 6. The lowest BCUT2D eigenvalue weighted by Gasteiger charge is -2.10. The van der Waals surface area contributed by atoms with Crippen molar-refractivity contribution in [2.75, 3.05) is 26.1 Å². The minimum absolute atomic E-state index is 0.0311. The van der Waals surface area contributed by atoms with Gasteiger partial charge in [0.05, 0.1) is 19.1 Å². The van der Waals surface area contributed by atoms with E-state index in [1.54, 1.807) is 28.2 Å². The summed E-state index contributed by atoms with van der Waals surface area (Å²) in [6, 6.07) is 5.80. The van der Waals surface area contributed by atoms with E-state index < -0.39 is 4.92 Å². The fourth-order valence-corrected chi connectivity index (χ4v) is 2.60. The molecular formula is C16H22N4O4. The summed E-state index contributed by atoms with van der Waals surface area (Å²) in [5.74, 6) is 1.83. The molecular weight excluding hydrogens is 312 g/mol. The molecule has 2 aromatic rings. The summed E-state index contributed by atoms with van der Waals surface area (Å²) in [6.45, 7) is 2.24. The average molecular weight is 334 g/mol. The Bertz CT molecular complexity index is 727. The van der Waals surface area contributed by atoms with Crippen LogP contribution in [0.2, 0.25) is 0 Å². The lowest BCUT2D eigenvalue weighted by molar-refractivity contribution is -0.384. The average Bonchev–Trinajstić information content (AvgIpc) is 2.85. The van der Waals surface area contributed by atoms with Crippen molar-refractivity contribution in [2.24, 2.45) is 7.05 Å². The van der Waals surface area contributed by atoms with Gasteiger partial charge in [0.15, 0.2) is 11.5 Å². The summed E-state index contributed by atoms with van der Waals surface area (Å²) in [5, 5.41) is 18.3. The highest BCUT2D eigenvalue weighted by molar-refractivity contribution is 5.59. The Hall–Kier alpha value is -2.77. The monoisotopic (exact) mass is 334 g/mol. The van der Waals surface area contributed by atoms with Gasteiger partial charge in [-0.3, -0.25) is 10.1 Å². The molecule has 0 aliphatic rings. The van der Waals surface area contributed by atoms with Gasteiger partial charge in [-0.15, -0.1) is 0 Å². The molecule has 1 aromatic carbocycles. The molecule has 0 atom stereocenters. The van der Waals surface area contributed by atoms with E-state index in [0.717, 1.165) is 18.4 Å². The molecule has 0 aliphatic heterocycles. The van der Waals surface area contributed by atoms with Crippen LogP contribution in [0.3, 0.4) is 0 Å². The van der Waals surface area contributed by atoms with E-state index >= 15 is 0 Å². The molecule has 0 amide bonds. The largest absolute Gasteiger partial charge is 0.493 e. The summed E-state index contributed by atoms with van der Waals surface area (Å²) in [4.78, 5) is 10.7. The fraction of sp³-hybridized carbons (Fsp3) is 0.438. The van der Waals surface area contributed by atoms with Crippen molar-refractivity contribution in [1.82, 2.24) is 9.78 Å². The number of aromatic nitrogens is 2. The number of hydrogen-bond donors (Lipinski definition) is 1. The van der Waals surface area contributed by atoms with Crippen molar-refractivity contribution in [3.8, 4) is 11.5 Å². The molecule has 0 aliphatic carbocycles. The first-order valence-corrected chi connectivity index (χ1v) is 7.60. The van der Waals surface area contributed by atoms with Crippen LogP contribution < -0.4 is 14.8 Å². The number of rotatable bonds is 8. The lowest BCUT2D eigenvalue weighted by atomic mass is 10.1. The van der Waals surface area contributed by atoms with Crippen LogP contribution >= 0.6 is 0 Å². The van der Waals surface area contributed by atoms with Crippen LogP contribution in [0.4, 0.5) is 11.5 Å². The number of nitrogens with one attached hydrogen (secondary N) is 1. The van der Waals surface area contributed by atoms with E-state index in [0.29, 0.717) is 29.6 Å². The summed E-state index contributed by atoms with van der Waals surface area (Å²) in [6.07, 6.45) is 1.63. The second kappa shape index (κ2) is 7.67. The van der Waals surface area contributed by atoms with E-state index in [1.807, 2.05) is 18.2 Å². The quantitative estimate of drug-likeness (QED) is 0.453. The van der Waals surface area contributed by atoms with Crippen LogP contribution in [0.25, 0.3) is 0 Å². The van der Waals surface area contributed by atoms with E-state index in [9.17, 15) is 10.1 Å². The van der Waals surface area contributed by atoms with Crippen LogP contribution in [0.1, 0.15) is 17.7 Å². The van der Waals surface area contributed by atoms with Crippen molar-refractivity contribution in [1.29, 1.82) is 0 Å². The maximum absolute atomic E-state index is 11.1. The van der Waals surface area contributed by atoms with Gasteiger partial charge in [-0.05, 0) is 37.5 Å². The van der Waals surface area contributed by atoms with Crippen molar-refractivity contribution in [2.45, 2.75) is 19.8 Å². The number of nitro groups is 1. The van der Waals surface area contributed by atoms with Gasteiger partial charge < -0.3 is 14.8 Å². The third kappa shape index (κ3) is 3.76. The van der Waals surface area contributed by atoms with E-state index in [1.165, 1.54) is 4.68 Å². The maximum Gasteiger partial charge on any atom is 0.333 e. The standard InChI is InChI=1S/C16H22N4O4/c1-11-15(20(21)22)16(19(2)18-11)17-9-5-6-12-7-8-13(23-3)14(10-12)24-4/h7-8,10,17H,5-6,9H2,1-4H3. The summed E-state index contributed by atoms with van der Waals surface area (Å²) >= 11 is 0. The molecule has 24 heavy (non-hydrogen) atoms. The van der Waals surface area contributed by atoms with Gasteiger partial charge in [0.1, 0.15) is 5.69 Å². The highest BCUT2D eigenvalue weighted by Crippen LogP contribution is 2.29. The second-order valence-electron chi connectivity index (χ2n) is 5.38. The van der Waals surface area contributed by atoms with Gasteiger partial charge in [-0.25, -0.2) is 4.68 Å². The number of aryl methyl sites for hydroxylation is 3. The minimum atomic E-state index is -0.404. The first kappa shape index (κ1) is 17.6. The molecule has 1 heterocycles. The fourth-order valence-electron chi connectivity index (χ4n) is 2.60. The van der Waals surface area contributed by atoms with Gasteiger partial charge in [-0.1, -0.05) is 6.07 Å². The predicted molar refractivity (Wildman–Crippen MR) is 91.0 cm³/mol. The van der Waals surface area contributed by atoms with E-state index in [-0.39, 0.29) is 5.69 Å². The zero-order valence-corrected chi connectivity index (χ0v) is 14.3. The van der Waals surface area contributed by atoms with Crippen LogP contribution in [-0.2, 0) is 13.5 Å². The number of methoxy groups -OCH3 is 2. The Kier molecular flexibility index (Phi) is 5.62. The number of benzene rings is 1. The predicted octanol–water partition coefficient (Wildman–Crippen LogP) is 2.70. The Labute approximate surface area is 140 Å². The van der Waals surface area contributed by atoms with Gasteiger partial charge in [0.25, 0.3) is 0 Å². The highest BCUT2D eigenvalue weighted by Gasteiger charge is 2.23. The minimum Gasteiger partial charge on any atom is -0.493 e. The van der Waals surface area contributed by atoms with Crippen molar-refractivity contribution < 1.29 is 14.4 Å². The van der Waals surface area contributed by atoms with Crippen LogP contribution in [-0.4, -0.2) is 35.5 Å². The number of nitrogens with zero attached hydrogens (tertiary/aromatic N) is 3. The molecule has 0 bridgehead atoms. The SMILES string of the molecule is COc1ccc(CCCNc2c([N+](=O)[O-])c(C)nn2C)cc1OC. The van der Waals surface area contributed by atoms with Crippen LogP contribution in [0, 0.1) is 17.0 Å². The summed E-state index contributed by atoms with van der Waals surface area (Å²) in [7, 11) is 4.90. The molecule has 2 rings (SSSR count). The first-order chi connectivity index (χ1) is 11.5. The van der Waals surface area contributed by atoms with Gasteiger partial charge in [0.2, 0.25) is 5.82 Å². The third-order valence-corrected chi connectivity index (χ3v) is 3.76. The van der Waals surface area contributed by atoms with Gasteiger partial charge in [0, 0.05) is 13.6 Å². The number of ether oxygens (including phenoxy) is 2. The maximum atomic E-state index is 11.1. The molecule has 0 fully saturated rings.